The third kappa shape index (κ3) is 3.20. The van der Waals surface area contributed by atoms with Gasteiger partial charge < -0.3 is 10.6 Å². The number of rotatable bonds is 3. The maximum Gasteiger partial charge on any atom is 0.274 e. The van der Waals surface area contributed by atoms with E-state index in [0.29, 0.717) is 11.6 Å². The summed E-state index contributed by atoms with van der Waals surface area (Å²) in [6, 6.07) is 10.5. The van der Waals surface area contributed by atoms with Crippen LogP contribution in [-0.2, 0) is 6.54 Å². The summed E-state index contributed by atoms with van der Waals surface area (Å²) in [7, 11) is 1.68. The normalized spacial score (nSPS) is 10.2. The molecule has 19 heavy (non-hydrogen) atoms. The van der Waals surface area contributed by atoms with E-state index in [1.807, 2.05) is 18.2 Å². The van der Waals surface area contributed by atoms with Gasteiger partial charge in [-0.15, -0.1) is 10.2 Å². The standard InChI is InChI=1S/C13H13ClN4O/c1-18(8-9-4-2-3-5-10(9)14)13(19)11-6-7-12(15)17-16-11/h2-7H,8H2,1H3,(H2,15,17). The van der Waals surface area contributed by atoms with Gasteiger partial charge in [-0.2, -0.15) is 0 Å². The van der Waals surface area contributed by atoms with Gasteiger partial charge in [-0.05, 0) is 23.8 Å². The summed E-state index contributed by atoms with van der Waals surface area (Å²) >= 11 is 6.06. The number of nitrogens with two attached hydrogens (primary N) is 1. The fourth-order valence-corrected chi connectivity index (χ4v) is 1.80. The van der Waals surface area contributed by atoms with Crippen molar-refractivity contribution in [2.45, 2.75) is 6.54 Å². The lowest BCUT2D eigenvalue weighted by Crippen LogP contribution is -2.27. The second-order valence-corrected chi connectivity index (χ2v) is 4.50. The molecule has 0 aliphatic heterocycles. The first-order valence-corrected chi connectivity index (χ1v) is 6.04. The Labute approximate surface area is 116 Å². The van der Waals surface area contributed by atoms with Crippen molar-refractivity contribution >= 4 is 23.3 Å². The number of aromatic nitrogens is 2. The lowest BCUT2D eigenvalue weighted by Gasteiger charge is -2.17. The van der Waals surface area contributed by atoms with E-state index in [0.717, 1.165) is 5.56 Å². The fourth-order valence-electron chi connectivity index (χ4n) is 1.61. The summed E-state index contributed by atoms with van der Waals surface area (Å²) in [5.74, 6) is 0.0535. The van der Waals surface area contributed by atoms with Gasteiger partial charge in [0, 0.05) is 18.6 Å². The molecule has 0 fully saturated rings. The Hall–Kier alpha value is -2.14. The van der Waals surface area contributed by atoms with Crippen LogP contribution >= 0.6 is 11.6 Å². The van der Waals surface area contributed by atoms with Crippen LogP contribution in [0.1, 0.15) is 16.1 Å². The molecular formula is C13H13ClN4O. The maximum atomic E-state index is 12.1. The zero-order chi connectivity index (χ0) is 13.8. The maximum absolute atomic E-state index is 12.1. The number of nitrogen functional groups attached to an aromatic ring is 1. The molecule has 2 N–H and O–H groups in total. The molecule has 1 aromatic heterocycles. The number of hydrogen-bond donors (Lipinski definition) is 1. The molecule has 2 aromatic rings. The van der Waals surface area contributed by atoms with Gasteiger partial charge in [-0.25, -0.2) is 0 Å². The summed E-state index contributed by atoms with van der Waals surface area (Å²) in [6.07, 6.45) is 0. The fraction of sp³-hybridized carbons (Fsp3) is 0.154. The second kappa shape index (κ2) is 5.67. The average molecular weight is 277 g/mol. The Kier molecular flexibility index (Phi) is 3.97. The molecule has 2 rings (SSSR count). The molecule has 1 heterocycles. The Morgan fingerprint density at radius 2 is 2.00 bits per heavy atom. The highest BCUT2D eigenvalue weighted by Crippen LogP contribution is 2.17. The van der Waals surface area contributed by atoms with Gasteiger partial charge in [0.25, 0.3) is 5.91 Å². The molecule has 0 saturated heterocycles. The predicted octanol–water partition coefficient (Wildman–Crippen LogP) is 1.98. The highest BCUT2D eigenvalue weighted by atomic mass is 35.5. The average Bonchev–Trinajstić information content (AvgIpc) is 2.41. The van der Waals surface area contributed by atoms with Crippen LogP contribution < -0.4 is 5.73 Å². The Morgan fingerprint density at radius 1 is 1.26 bits per heavy atom. The van der Waals surface area contributed by atoms with Crippen LogP contribution in [0.15, 0.2) is 36.4 Å². The molecule has 5 nitrogen and oxygen atoms in total. The van der Waals surface area contributed by atoms with Crippen LogP contribution in [0.3, 0.4) is 0 Å². The minimum absolute atomic E-state index is 0.229. The number of carbonyl (C=O) groups is 1. The molecule has 1 amide bonds. The van der Waals surface area contributed by atoms with Crippen molar-refractivity contribution in [3.63, 3.8) is 0 Å². The van der Waals surface area contributed by atoms with Crippen molar-refractivity contribution < 1.29 is 4.79 Å². The molecule has 0 aliphatic rings. The van der Waals surface area contributed by atoms with Crippen molar-refractivity contribution in [3.05, 3.63) is 52.7 Å². The zero-order valence-corrected chi connectivity index (χ0v) is 11.1. The summed E-state index contributed by atoms with van der Waals surface area (Å²) in [5, 5.41) is 8.06. The number of nitrogens with zero attached hydrogens (tertiary/aromatic N) is 3. The first kappa shape index (κ1) is 13.3. The molecule has 0 atom stereocenters. The van der Waals surface area contributed by atoms with Crippen molar-refractivity contribution in [2.75, 3.05) is 12.8 Å². The molecular weight excluding hydrogens is 264 g/mol. The van der Waals surface area contributed by atoms with E-state index in [1.54, 1.807) is 25.2 Å². The third-order valence-corrected chi connectivity index (χ3v) is 2.99. The smallest absolute Gasteiger partial charge is 0.274 e. The van der Waals surface area contributed by atoms with Crippen LogP contribution in [0.4, 0.5) is 5.82 Å². The van der Waals surface area contributed by atoms with E-state index in [4.69, 9.17) is 17.3 Å². The highest BCUT2D eigenvalue weighted by Gasteiger charge is 2.14. The first-order chi connectivity index (χ1) is 9.08. The SMILES string of the molecule is CN(Cc1ccccc1Cl)C(=O)c1ccc(N)nn1. The topological polar surface area (TPSA) is 72.1 Å². The quantitative estimate of drug-likeness (QED) is 0.930. The van der Waals surface area contributed by atoms with Crippen LogP contribution in [-0.4, -0.2) is 28.1 Å². The number of halogens is 1. The molecule has 98 valence electrons. The lowest BCUT2D eigenvalue weighted by atomic mass is 10.2. The van der Waals surface area contributed by atoms with Crippen molar-refractivity contribution in [3.8, 4) is 0 Å². The molecule has 0 saturated carbocycles. The Morgan fingerprint density at radius 3 is 2.63 bits per heavy atom. The number of amides is 1. The minimum Gasteiger partial charge on any atom is -0.382 e. The summed E-state index contributed by atoms with van der Waals surface area (Å²) in [6.45, 7) is 0.407. The van der Waals surface area contributed by atoms with E-state index in [-0.39, 0.29) is 17.4 Å². The van der Waals surface area contributed by atoms with Gasteiger partial charge in [0.05, 0.1) is 0 Å². The van der Waals surface area contributed by atoms with Gasteiger partial charge >= 0.3 is 0 Å². The van der Waals surface area contributed by atoms with Crippen LogP contribution in [0.25, 0.3) is 0 Å². The van der Waals surface area contributed by atoms with Gasteiger partial charge in [0.15, 0.2) is 5.69 Å². The minimum atomic E-state index is -0.229. The molecule has 0 spiro atoms. The lowest BCUT2D eigenvalue weighted by molar-refractivity contribution is 0.0778. The second-order valence-electron chi connectivity index (χ2n) is 4.10. The van der Waals surface area contributed by atoms with Gasteiger partial charge in [0.2, 0.25) is 0 Å². The zero-order valence-electron chi connectivity index (χ0n) is 10.4. The largest absolute Gasteiger partial charge is 0.382 e. The Bertz CT molecular complexity index is 585. The third-order valence-electron chi connectivity index (χ3n) is 2.62. The van der Waals surface area contributed by atoms with E-state index in [2.05, 4.69) is 10.2 Å². The number of anilines is 1. The first-order valence-electron chi connectivity index (χ1n) is 5.66. The van der Waals surface area contributed by atoms with Crippen LogP contribution in [0.5, 0.6) is 0 Å². The van der Waals surface area contributed by atoms with Gasteiger partial charge in [-0.1, -0.05) is 29.8 Å². The van der Waals surface area contributed by atoms with E-state index in [9.17, 15) is 4.79 Å². The molecule has 6 heteroatoms. The highest BCUT2D eigenvalue weighted by molar-refractivity contribution is 6.31. The van der Waals surface area contributed by atoms with Gasteiger partial charge in [0.1, 0.15) is 5.82 Å². The van der Waals surface area contributed by atoms with E-state index in [1.165, 1.54) is 4.90 Å². The number of carbonyl (C=O) groups excluding carboxylic acids is 1. The summed E-state index contributed by atoms with van der Waals surface area (Å²) in [4.78, 5) is 13.6. The molecule has 0 bridgehead atoms. The van der Waals surface area contributed by atoms with Crippen molar-refractivity contribution in [2.24, 2.45) is 0 Å². The summed E-state index contributed by atoms with van der Waals surface area (Å²) < 4.78 is 0. The molecule has 0 aliphatic carbocycles. The number of hydrogen-bond acceptors (Lipinski definition) is 4. The van der Waals surface area contributed by atoms with E-state index < -0.39 is 0 Å². The van der Waals surface area contributed by atoms with Crippen molar-refractivity contribution in [1.82, 2.24) is 15.1 Å². The van der Waals surface area contributed by atoms with Crippen LogP contribution in [0, 0.1) is 0 Å². The molecule has 0 unspecified atom stereocenters. The molecule has 0 radical (unpaired) electrons. The van der Waals surface area contributed by atoms with Crippen LogP contribution in [0.2, 0.25) is 5.02 Å². The van der Waals surface area contributed by atoms with Gasteiger partial charge in [-0.3, -0.25) is 4.79 Å². The van der Waals surface area contributed by atoms with E-state index >= 15 is 0 Å². The number of benzene rings is 1. The predicted molar refractivity (Wildman–Crippen MR) is 73.7 cm³/mol. The Balaban J connectivity index is 2.12. The van der Waals surface area contributed by atoms with Crippen molar-refractivity contribution in [1.29, 1.82) is 0 Å². The molecule has 1 aromatic carbocycles. The summed E-state index contributed by atoms with van der Waals surface area (Å²) in [5.41, 5.74) is 6.56. The monoisotopic (exact) mass is 276 g/mol.